The number of piperidine rings is 1. The molecular formula is C48H47Cl2FN6O5. The molecule has 6 atom stereocenters. The lowest BCUT2D eigenvalue weighted by Gasteiger charge is -2.41. The number of hydrogen-bond donors (Lipinski definition) is 4. The molecule has 1 aliphatic carbocycles. The topological polar surface area (TPSA) is 140 Å². The minimum Gasteiger partial charge on any atom is -0.385 e. The van der Waals surface area contributed by atoms with E-state index in [2.05, 4.69) is 26.2 Å². The van der Waals surface area contributed by atoms with Gasteiger partial charge in [-0.15, -0.1) is 0 Å². The number of nitrogens with one attached hydrogen (secondary N) is 4. The van der Waals surface area contributed by atoms with Crippen LogP contribution < -0.4 is 21.3 Å². The molecule has 320 valence electrons. The minimum absolute atomic E-state index is 0.0199. The Morgan fingerprint density at radius 3 is 2.50 bits per heavy atom. The monoisotopic (exact) mass is 876 g/mol. The van der Waals surface area contributed by atoms with Gasteiger partial charge < -0.3 is 20.9 Å². The van der Waals surface area contributed by atoms with E-state index in [4.69, 9.17) is 23.2 Å². The highest BCUT2D eigenvalue weighted by atomic mass is 35.5. The molecule has 3 saturated heterocycles. The number of amides is 4. The first-order valence-electron chi connectivity index (χ1n) is 21.7. The minimum atomic E-state index is -1.16. The molecule has 11 nitrogen and oxygen atoms in total. The molecule has 5 aliphatic heterocycles. The lowest BCUT2D eigenvalue weighted by Crippen LogP contribution is -2.53. The Hall–Kier alpha value is -5.14. The van der Waals surface area contributed by atoms with Crippen LogP contribution in [0.4, 0.5) is 15.8 Å². The van der Waals surface area contributed by atoms with Gasteiger partial charge in [-0.1, -0.05) is 78.2 Å². The Morgan fingerprint density at radius 1 is 0.903 bits per heavy atom. The van der Waals surface area contributed by atoms with Crippen molar-refractivity contribution in [2.45, 2.75) is 100.0 Å². The Kier molecular flexibility index (Phi) is 10.7. The lowest BCUT2D eigenvalue weighted by molar-refractivity contribution is -0.137. The summed E-state index contributed by atoms with van der Waals surface area (Å²) in [6.07, 6.45) is 6.22. The molecule has 1 spiro atoms. The number of nitrogens with zero attached hydrogens (tertiary/aromatic N) is 2. The molecule has 1 saturated carbocycles. The number of anilines is 2. The van der Waals surface area contributed by atoms with Crippen LogP contribution in [0.5, 0.6) is 0 Å². The molecule has 62 heavy (non-hydrogen) atoms. The van der Waals surface area contributed by atoms with Crippen LogP contribution in [-0.4, -0.2) is 70.4 Å². The molecule has 4 amide bonds. The van der Waals surface area contributed by atoms with Gasteiger partial charge in [0.15, 0.2) is 5.78 Å². The van der Waals surface area contributed by atoms with E-state index in [0.29, 0.717) is 72.2 Å². The third-order valence-electron chi connectivity index (χ3n) is 14.0. The first-order valence-corrected chi connectivity index (χ1v) is 22.5. The Labute approximate surface area is 369 Å². The number of unbranched alkanes of at least 4 members (excludes halogenated alkanes) is 2. The van der Waals surface area contributed by atoms with Gasteiger partial charge in [0.2, 0.25) is 17.7 Å². The van der Waals surface area contributed by atoms with E-state index in [1.165, 1.54) is 0 Å². The van der Waals surface area contributed by atoms with Crippen LogP contribution in [0.2, 0.25) is 10.0 Å². The zero-order valence-electron chi connectivity index (χ0n) is 34.0. The maximum Gasteiger partial charge on any atom is 0.255 e. The molecule has 1 unspecified atom stereocenters. The van der Waals surface area contributed by atoms with E-state index in [1.54, 1.807) is 41.3 Å². The van der Waals surface area contributed by atoms with Crippen LogP contribution >= 0.6 is 23.2 Å². The van der Waals surface area contributed by atoms with E-state index in [9.17, 15) is 24.0 Å². The molecule has 14 heteroatoms. The number of imide groups is 1. The second-order valence-electron chi connectivity index (χ2n) is 17.7. The molecule has 4 aromatic carbocycles. The largest absolute Gasteiger partial charge is 0.385 e. The van der Waals surface area contributed by atoms with Crippen LogP contribution in [0.25, 0.3) is 0 Å². The SMILES string of the molecule is O=C1CCC(N2Cc3c(NCCCCCC(=O)c4ccc([C@H]5C[C@H]6[C@@H](N5)[C@H](c5cccc(Cl)c5F)[C@]5(C(=O)Nc7cc(Cl)ccc75)N6CC5CC5)cc4)cccc3C2=O)C(=O)N1. The van der Waals surface area contributed by atoms with E-state index in [0.717, 1.165) is 54.5 Å². The average Bonchev–Trinajstić information content (AvgIpc) is 3.66. The summed E-state index contributed by atoms with van der Waals surface area (Å²) >= 11 is 12.8. The lowest BCUT2D eigenvalue weighted by atomic mass is 9.73. The molecule has 4 N–H and O–H groups in total. The summed E-state index contributed by atoms with van der Waals surface area (Å²) in [5.74, 6) is -1.68. The fraction of sp³-hybridized carbons (Fsp3) is 0.396. The zero-order chi connectivity index (χ0) is 42.9. The zero-order valence-corrected chi connectivity index (χ0v) is 35.5. The number of carbonyl (C=O) groups excluding carboxylic acids is 5. The van der Waals surface area contributed by atoms with Crippen molar-refractivity contribution in [3.8, 4) is 0 Å². The second-order valence-corrected chi connectivity index (χ2v) is 18.5. The number of carbonyl (C=O) groups is 5. The van der Waals surface area contributed by atoms with Gasteiger partial charge in [-0.3, -0.25) is 34.2 Å². The second kappa shape index (κ2) is 16.2. The number of fused-ring (bicyclic) bond motifs is 4. The van der Waals surface area contributed by atoms with E-state index in [1.807, 2.05) is 42.5 Å². The van der Waals surface area contributed by atoms with Crippen LogP contribution in [0, 0.1) is 11.7 Å². The molecule has 4 aromatic rings. The average molecular weight is 878 g/mol. The predicted molar refractivity (Wildman–Crippen MR) is 234 cm³/mol. The van der Waals surface area contributed by atoms with Crippen molar-refractivity contribution in [2.75, 3.05) is 23.7 Å². The van der Waals surface area contributed by atoms with Crippen molar-refractivity contribution in [1.82, 2.24) is 20.4 Å². The quantitative estimate of drug-likeness (QED) is 0.0605. The molecule has 0 bridgehead atoms. The van der Waals surface area contributed by atoms with Gasteiger partial charge in [0.25, 0.3) is 5.91 Å². The first-order chi connectivity index (χ1) is 30.0. The number of hydrogen-bond acceptors (Lipinski definition) is 8. The number of halogens is 3. The normalized spacial score (nSPS) is 26.4. The van der Waals surface area contributed by atoms with Gasteiger partial charge in [-0.2, -0.15) is 0 Å². The van der Waals surface area contributed by atoms with Crippen LogP contribution in [0.15, 0.2) is 78.9 Å². The highest BCUT2D eigenvalue weighted by Crippen LogP contribution is 2.61. The first kappa shape index (κ1) is 40.9. The third-order valence-corrected chi connectivity index (χ3v) is 14.5. The van der Waals surface area contributed by atoms with Gasteiger partial charge in [0.1, 0.15) is 17.4 Å². The van der Waals surface area contributed by atoms with Gasteiger partial charge in [0.05, 0.1) is 5.02 Å². The molecular weight excluding hydrogens is 830 g/mol. The summed E-state index contributed by atoms with van der Waals surface area (Å²) in [6, 6.07) is 22.8. The van der Waals surface area contributed by atoms with Crippen LogP contribution in [0.1, 0.15) is 113 Å². The Balaban J connectivity index is 0.780. The third kappa shape index (κ3) is 6.99. The maximum absolute atomic E-state index is 16.2. The highest BCUT2D eigenvalue weighted by Gasteiger charge is 2.69. The molecule has 0 radical (unpaired) electrons. The fourth-order valence-corrected chi connectivity index (χ4v) is 11.3. The van der Waals surface area contributed by atoms with Gasteiger partial charge >= 0.3 is 0 Å². The number of likely N-dealkylation sites (tertiary alicyclic amines) is 1. The number of benzene rings is 4. The van der Waals surface area contributed by atoms with Crippen molar-refractivity contribution < 1.29 is 28.4 Å². The summed E-state index contributed by atoms with van der Waals surface area (Å²) in [6.45, 7) is 1.69. The van der Waals surface area contributed by atoms with Crippen molar-refractivity contribution in [2.24, 2.45) is 5.92 Å². The standard InChI is InChI=1S/C48H47Cl2FN6O5/c49-29-17-18-33-37(22-29)54-47(62)48(33)42(31-7-4-8-34(50)43(31)51)44-39(57(48)24-26-11-12-26)23-36(53-44)27-13-15-28(16-14-27)40(58)10-2-1-3-21-52-35-9-5-6-30-32(35)25-56(46(30)61)38-19-20-41(59)55-45(38)60/h4-9,13-18,22,26,36,38-39,42,44,52-53H,1-3,10-12,19-21,23-25H2,(H,54,62)(H,55,59,60)/t36-,38?,39+,42+,44-,48-/m1/s1. The van der Waals surface area contributed by atoms with Gasteiger partial charge in [-0.05, 0) is 85.9 Å². The summed E-state index contributed by atoms with van der Waals surface area (Å²) < 4.78 is 16.2. The number of rotatable bonds is 13. The molecule has 10 rings (SSSR count). The number of ketones is 1. The van der Waals surface area contributed by atoms with Crippen molar-refractivity contribution in [1.29, 1.82) is 0 Å². The molecule has 0 aromatic heterocycles. The summed E-state index contributed by atoms with van der Waals surface area (Å²) in [7, 11) is 0. The van der Waals surface area contributed by atoms with Gasteiger partial charge in [0, 0.05) is 95.2 Å². The highest BCUT2D eigenvalue weighted by molar-refractivity contribution is 6.31. The van der Waals surface area contributed by atoms with Crippen molar-refractivity contribution >= 4 is 64.0 Å². The van der Waals surface area contributed by atoms with E-state index < -0.39 is 29.2 Å². The summed E-state index contributed by atoms with van der Waals surface area (Å²) in [5, 5.41) is 13.3. The summed E-state index contributed by atoms with van der Waals surface area (Å²) in [5.41, 5.74) is 4.67. The molecule has 4 fully saturated rings. The Bertz CT molecular complexity index is 2520. The molecule has 6 aliphatic rings. The Morgan fingerprint density at radius 2 is 1.71 bits per heavy atom. The van der Waals surface area contributed by atoms with E-state index >= 15 is 4.39 Å². The predicted octanol–water partition coefficient (Wildman–Crippen LogP) is 7.88. The number of Topliss-reactive ketones (excluding diaryl/α,β-unsaturated/α-hetero) is 1. The van der Waals surface area contributed by atoms with E-state index in [-0.39, 0.29) is 53.1 Å². The van der Waals surface area contributed by atoms with Crippen molar-refractivity contribution in [3.05, 3.63) is 128 Å². The van der Waals surface area contributed by atoms with Crippen LogP contribution in [0.3, 0.4) is 0 Å². The maximum atomic E-state index is 16.2. The summed E-state index contributed by atoms with van der Waals surface area (Å²) in [4.78, 5) is 69.1. The smallest absolute Gasteiger partial charge is 0.255 e. The van der Waals surface area contributed by atoms with Gasteiger partial charge in [-0.25, -0.2) is 4.39 Å². The van der Waals surface area contributed by atoms with Crippen LogP contribution in [-0.2, 0) is 26.5 Å². The van der Waals surface area contributed by atoms with Crippen molar-refractivity contribution in [3.63, 3.8) is 0 Å². The molecule has 5 heterocycles. The fourth-order valence-electron chi connectivity index (χ4n) is 10.9.